The Morgan fingerprint density at radius 1 is 1.06 bits per heavy atom. The van der Waals surface area contributed by atoms with Crippen molar-refractivity contribution in [3.8, 4) is 11.4 Å². The summed E-state index contributed by atoms with van der Waals surface area (Å²) in [6.07, 6.45) is 5.60. The molecule has 4 rings (SSSR count). The molecule has 1 N–H and O–H groups in total. The molecule has 0 aliphatic heterocycles. The van der Waals surface area contributed by atoms with Gasteiger partial charge in [-0.05, 0) is 62.7 Å². The van der Waals surface area contributed by atoms with Crippen LogP contribution in [0.2, 0.25) is 0 Å². The van der Waals surface area contributed by atoms with Gasteiger partial charge in [-0.2, -0.15) is 5.10 Å². The number of aryl methyl sites for hydroxylation is 1. The van der Waals surface area contributed by atoms with Crippen molar-refractivity contribution >= 4 is 5.91 Å². The summed E-state index contributed by atoms with van der Waals surface area (Å²) in [5, 5.41) is 7.61. The van der Waals surface area contributed by atoms with Gasteiger partial charge >= 0.3 is 0 Å². The summed E-state index contributed by atoms with van der Waals surface area (Å²) in [7, 11) is 0. The maximum atomic E-state index is 13.2. The molecule has 1 unspecified atom stereocenters. The van der Waals surface area contributed by atoms with Gasteiger partial charge in [0.1, 0.15) is 5.82 Å². The third kappa shape index (κ3) is 4.40. The topological polar surface area (TPSA) is 64.7 Å². The Kier molecular flexibility index (Phi) is 5.66. The molecule has 158 valence electrons. The van der Waals surface area contributed by atoms with E-state index in [2.05, 4.69) is 15.4 Å². The Hall–Kier alpha value is -3.74. The van der Waals surface area contributed by atoms with E-state index in [9.17, 15) is 9.18 Å². The van der Waals surface area contributed by atoms with Gasteiger partial charge in [0.15, 0.2) is 0 Å². The molecule has 2 aromatic carbocycles. The number of aromatic nitrogens is 4. The molecule has 2 aromatic heterocycles. The second-order valence-corrected chi connectivity index (χ2v) is 7.57. The normalized spacial score (nSPS) is 12.0. The molecule has 0 radical (unpaired) electrons. The van der Waals surface area contributed by atoms with Crippen molar-refractivity contribution in [3.05, 3.63) is 95.6 Å². The van der Waals surface area contributed by atoms with Gasteiger partial charge < -0.3 is 9.88 Å². The van der Waals surface area contributed by atoms with E-state index in [1.165, 1.54) is 12.1 Å². The fourth-order valence-electron chi connectivity index (χ4n) is 3.65. The molecular formula is C24H24FN5O. The Balaban J connectivity index is 1.44. The van der Waals surface area contributed by atoms with Gasteiger partial charge in [-0.25, -0.2) is 14.1 Å². The van der Waals surface area contributed by atoms with E-state index < -0.39 is 0 Å². The van der Waals surface area contributed by atoms with Crippen molar-refractivity contribution in [1.29, 1.82) is 0 Å². The number of rotatable bonds is 6. The van der Waals surface area contributed by atoms with Crippen LogP contribution in [-0.2, 0) is 11.2 Å². The highest BCUT2D eigenvalue weighted by Crippen LogP contribution is 2.20. The maximum absolute atomic E-state index is 13.2. The van der Waals surface area contributed by atoms with Gasteiger partial charge in [-0.3, -0.25) is 4.79 Å². The van der Waals surface area contributed by atoms with Crippen LogP contribution in [0.4, 0.5) is 4.39 Å². The van der Waals surface area contributed by atoms with Gasteiger partial charge in [0.25, 0.3) is 0 Å². The summed E-state index contributed by atoms with van der Waals surface area (Å²) in [6, 6.07) is 14.0. The molecule has 1 atom stereocenters. The molecule has 0 spiro atoms. The number of carbonyl (C=O) groups is 1. The fourth-order valence-corrected chi connectivity index (χ4v) is 3.65. The lowest BCUT2D eigenvalue weighted by atomic mass is 10.1. The number of nitrogens with one attached hydrogen (secondary N) is 1. The lowest BCUT2D eigenvalue weighted by Gasteiger charge is -2.15. The summed E-state index contributed by atoms with van der Waals surface area (Å²) < 4.78 is 16.9. The van der Waals surface area contributed by atoms with Gasteiger partial charge in [0, 0.05) is 29.3 Å². The van der Waals surface area contributed by atoms with Crippen molar-refractivity contribution in [2.75, 3.05) is 0 Å². The lowest BCUT2D eigenvalue weighted by Crippen LogP contribution is -2.28. The number of imidazole rings is 1. The SMILES string of the molecule is Cc1nn(-c2ccc(F)cc2)c(C)c1CC(=O)NC(C)c1ccc(-n2ccnc2)cc1. The number of amides is 1. The van der Waals surface area contributed by atoms with Gasteiger partial charge in [-0.15, -0.1) is 0 Å². The molecule has 1 amide bonds. The minimum Gasteiger partial charge on any atom is -0.349 e. The van der Waals surface area contributed by atoms with E-state index in [4.69, 9.17) is 0 Å². The largest absolute Gasteiger partial charge is 0.349 e. The Bertz CT molecular complexity index is 1180. The van der Waals surface area contributed by atoms with Crippen molar-refractivity contribution in [2.45, 2.75) is 33.2 Å². The first kappa shape index (κ1) is 20.5. The predicted octanol–water partition coefficient (Wildman–Crippen LogP) is 4.23. The maximum Gasteiger partial charge on any atom is 0.225 e. The number of halogens is 1. The molecule has 4 aromatic rings. The first-order valence-corrected chi connectivity index (χ1v) is 10.1. The minimum atomic E-state index is -0.295. The van der Waals surface area contributed by atoms with Crippen LogP contribution < -0.4 is 5.32 Å². The van der Waals surface area contributed by atoms with Crippen LogP contribution in [0.15, 0.2) is 67.3 Å². The summed E-state index contributed by atoms with van der Waals surface area (Å²) in [4.78, 5) is 16.8. The molecule has 2 heterocycles. The Morgan fingerprint density at radius 2 is 1.74 bits per heavy atom. The zero-order valence-electron chi connectivity index (χ0n) is 17.7. The summed E-state index contributed by atoms with van der Waals surface area (Å²) in [5.74, 6) is -0.368. The van der Waals surface area contributed by atoms with Crippen LogP contribution in [0.25, 0.3) is 11.4 Å². The van der Waals surface area contributed by atoms with E-state index in [-0.39, 0.29) is 24.2 Å². The molecule has 0 saturated carbocycles. The standard InChI is InChI=1S/C24H24FN5O/c1-16(19-4-8-21(9-5-19)29-13-12-26-15-29)27-24(31)14-23-17(2)28-30(18(23)3)22-10-6-20(25)7-11-22/h4-13,15-16H,14H2,1-3H3,(H,27,31). The number of carbonyl (C=O) groups excluding carboxylic acids is 1. The van der Waals surface area contributed by atoms with Crippen LogP contribution in [-0.4, -0.2) is 25.2 Å². The van der Waals surface area contributed by atoms with Gasteiger partial charge in [0.05, 0.1) is 30.2 Å². The minimum absolute atomic E-state index is 0.0731. The first-order chi connectivity index (χ1) is 14.9. The van der Waals surface area contributed by atoms with Gasteiger partial charge in [-0.1, -0.05) is 12.1 Å². The second-order valence-electron chi connectivity index (χ2n) is 7.57. The highest BCUT2D eigenvalue weighted by molar-refractivity contribution is 5.79. The smallest absolute Gasteiger partial charge is 0.225 e. The average molecular weight is 417 g/mol. The second kappa shape index (κ2) is 8.55. The Morgan fingerprint density at radius 3 is 2.39 bits per heavy atom. The predicted molar refractivity (Wildman–Crippen MR) is 117 cm³/mol. The molecule has 0 bridgehead atoms. The zero-order valence-corrected chi connectivity index (χ0v) is 17.7. The zero-order chi connectivity index (χ0) is 22.0. The van der Waals surface area contributed by atoms with Crippen molar-refractivity contribution in [1.82, 2.24) is 24.6 Å². The number of hydrogen-bond acceptors (Lipinski definition) is 3. The van der Waals surface area contributed by atoms with E-state index in [0.717, 1.165) is 33.9 Å². The van der Waals surface area contributed by atoms with E-state index >= 15 is 0 Å². The highest BCUT2D eigenvalue weighted by Gasteiger charge is 2.17. The van der Waals surface area contributed by atoms with Gasteiger partial charge in [0.2, 0.25) is 5.91 Å². The van der Waals surface area contributed by atoms with E-state index in [0.29, 0.717) is 0 Å². The average Bonchev–Trinajstić information content (AvgIpc) is 3.39. The van der Waals surface area contributed by atoms with Crippen LogP contribution in [0, 0.1) is 19.7 Å². The van der Waals surface area contributed by atoms with Crippen LogP contribution in [0.1, 0.15) is 35.5 Å². The summed E-state index contributed by atoms with van der Waals surface area (Å²) in [6.45, 7) is 5.77. The Labute approximate surface area is 180 Å². The van der Waals surface area contributed by atoms with Crippen LogP contribution in [0.3, 0.4) is 0 Å². The molecule has 0 fully saturated rings. The quantitative estimate of drug-likeness (QED) is 0.511. The van der Waals surface area contributed by atoms with Crippen molar-refractivity contribution < 1.29 is 9.18 Å². The number of benzene rings is 2. The third-order valence-electron chi connectivity index (χ3n) is 5.42. The molecule has 0 aliphatic carbocycles. The van der Waals surface area contributed by atoms with Crippen molar-refractivity contribution in [3.63, 3.8) is 0 Å². The molecule has 0 saturated heterocycles. The van der Waals surface area contributed by atoms with E-state index in [1.54, 1.807) is 29.3 Å². The monoisotopic (exact) mass is 417 g/mol. The third-order valence-corrected chi connectivity index (χ3v) is 5.42. The molecule has 31 heavy (non-hydrogen) atoms. The van der Waals surface area contributed by atoms with Crippen LogP contribution in [0.5, 0.6) is 0 Å². The molecule has 6 nitrogen and oxygen atoms in total. The number of hydrogen-bond donors (Lipinski definition) is 1. The molecule has 7 heteroatoms. The van der Waals surface area contributed by atoms with Crippen molar-refractivity contribution in [2.24, 2.45) is 0 Å². The number of nitrogens with zero attached hydrogens (tertiary/aromatic N) is 4. The highest BCUT2D eigenvalue weighted by atomic mass is 19.1. The molecule has 0 aliphatic rings. The lowest BCUT2D eigenvalue weighted by molar-refractivity contribution is -0.121. The summed E-state index contributed by atoms with van der Waals surface area (Å²) in [5.41, 5.74) is 5.34. The fraction of sp³-hybridized carbons (Fsp3) is 0.208. The molecular weight excluding hydrogens is 393 g/mol. The first-order valence-electron chi connectivity index (χ1n) is 10.1. The summed E-state index contributed by atoms with van der Waals surface area (Å²) >= 11 is 0. The van der Waals surface area contributed by atoms with Crippen LogP contribution >= 0.6 is 0 Å². The van der Waals surface area contributed by atoms with E-state index in [1.807, 2.05) is 55.8 Å².